The van der Waals surface area contributed by atoms with E-state index in [9.17, 15) is 0 Å². The molecule has 3 aromatic rings. The second kappa shape index (κ2) is 6.25. The maximum absolute atomic E-state index is 6.44. The molecule has 0 amide bonds. The van der Waals surface area contributed by atoms with Gasteiger partial charge in [0.2, 0.25) is 5.65 Å². The normalized spacial score (nSPS) is 15.9. The molecule has 1 saturated carbocycles. The first kappa shape index (κ1) is 14.6. The summed E-state index contributed by atoms with van der Waals surface area (Å²) in [6, 6.07) is 14.7. The highest BCUT2D eigenvalue weighted by Crippen LogP contribution is 2.32. The highest BCUT2D eigenvalue weighted by molar-refractivity contribution is 6.33. The van der Waals surface area contributed by atoms with Crippen LogP contribution in [0.4, 0.5) is 5.82 Å². The summed E-state index contributed by atoms with van der Waals surface area (Å²) >= 11 is 6.44. The van der Waals surface area contributed by atoms with Gasteiger partial charge in [-0.3, -0.25) is 10.3 Å². The number of fused-ring (bicyclic) bond motifs is 1. The van der Waals surface area contributed by atoms with E-state index >= 15 is 0 Å². The molecule has 0 atom stereocenters. The molecule has 1 aromatic carbocycles. The maximum atomic E-state index is 6.44. The van der Waals surface area contributed by atoms with E-state index < -0.39 is 0 Å². The number of nitrogens with one attached hydrogen (secondary N) is 2. The van der Waals surface area contributed by atoms with Crippen LogP contribution in [-0.2, 0) is 0 Å². The quantitative estimate of drug-likeness (QED) is 0.664. The van der Waals surface area contributed by atoms with Crippen molar-refractivity contribution in [3.8, 4) is 11.3 Å². The minimum Gasteiger partial charge on any atom is -0.300 e. The van der Waals surface area contributed by atoms with E-state index in [1.165, 1.54) is 32.1 Å². The van der Waals surface area contributed by atoms with Gasteiger partial charge < -0.3 is 0 Å². The lowest BCUT2D eigenvalue weighted by Crippen LogP contribution is -2.30. The van der Waals surface area contributed by atoms with Crippen LogP contribution in [0, 0.1) is 0 Å². The van der Waals surface area contributed by atoms with Gasteiger partial charge in [-0.2, -0.15) is 0 Å². The number of rotatable bonds is 3. The molecule has 3 nitrogen and oxygen atoms in total. The summed E-state index contributed by atoms with van der Waals surface area (Å²) in [7, 11) is 0. The Bertz CT molecular complexity index is 818. The smallest absolute Gasteiger partial charge is 0.266 e. The van der Waals surface area contributed by atoms with Gasteiger partial charge in [-0.05, 0) is 31.0 Å². The summed E-state index contributed by atoms with van der Waals surface area (Å²) in [6.45, 7) is 0. The van der Waals surface area contributed by atoms with Crippen molar-refractivity contribution in [2.75, 3.05) is 5.32 Å². The molecule has 2 N–H and O–H groups in total. The number of hydrogen-bond acceptors (Lipinski definition) is 1. The average Bonchev–Trinajstić information content (AvgIpc) is 2.95. The molecule has 0 unspecified atom stereocenters. The first-order valence-electron chi connectivity index (χ1n) is 8.37. The number of H-pyrrole nitrogens is 1. The first-order valence-corrected chi connectivity index (χ1v) is 8.74. The molecule has 0 radical (unpaired) electrons. The maximum Gasteiger partial charge on any atom is 0.266 e. The number of imidazole rings is 1. The number of benzene rings is 1. The molecular weight excluding hydrogens is 306 g/mol. The van der Waals surface area contributed by atoms with Crippen LogP contribution in [0.1, 0.15) is 32.1 Å². The Hall–Kier alpha value is -2.00. The summed E-state index contributed by atoms with van der Waals surface area (Å²) in [6.07, 6.45) is 8.55. The third kappa shape index (κ3) is 2.81. The number of aromatic nitrogens is 2. The Labute approximate surface area is 141 Å². The van der Waals surface area contributed by atoms with Gasteiger partial charge in [0, 0.05) is 11.6 Å². The highest BCUT2D eigenvalue weighted by atomic mass is 35.5. The average molecular weight is 327 g/mol. The Morgan fingerprint density at radius 3 is 2.61 bits per heavy atom. The molecule has 23 heavy (non-hydrogen) atoms. The fourth-order valence-electron chi connectivity index (χ4n) is 3.49. The third-order valence-corrected chi connectivity index (χ3v) is 5.01. The summed E-state index contributed by atoms with van der Waals surface area (Å²) in [5, 5.41) is 4.54. The first-order chi connectivity index (χ1) is 11.3. The standard InChI is InChI=1S/C19H20ClN3/c20-16-11-5-4-10-15(16)18-19(21-14-8-2-1-3-9-14)23-13-7-6-12-17(23)22-18/h4-7,10-14,21H,1-3,8-9H2/p+1. The van der Waals surface area contributed by atoms with Gasteiger partial charge in [-0.1, -0.05) is 49.1 Å². The van der Waals surface area contributed by atoms with Crippen molar-refractivity contribution in [1.82, 2.24) is 4.98 Å². The molecule has 0 saturated heterocycles. The number of nitrogens with zero attached hydrogens (tertiary/aromatic N) is 1. The van der Waals surface area contributed by atoms with Crippen LogP contribution in [0.25, 0.3) is 16.9 Å². The van der Waals surface area contributed by atoms with Crippen molar-refractivity contribution in [3.63, 3.8) is 0 Å². The zero-order valence-corrected chi connectivity index (χ0v) is 13.8. The summed E-state index contributed by atoms with van der Waals surface area (Å²) in [4.78, 5) is 3.53. The summed E-state index contributed by atoms with van der Waals surface area (Å²) < 4.78 is 2.19. The molecule has 1 fully saturated rings. The lowest BCUT2D eigenvalue weighted by Gasteiger charge is -2.20. The van der Waals surface area contributed by atoms with Crippen LogP contribution in [0.5, 0.6) is 0 Å². The van der Waals surface area contributed by atoms with Crippen molar-refractivity contribution in [2.24, 2.45) is 0 Å². The van der Waals surface area contributed by atoms with E-state index in [0.29, 0.717) is 6.04 Å². The molecule has 1 aliphatic carbocycles. The molecule has 1 aliphatic rings. The molecule has 118 valence electrons. The molecule has 0 spiro atoms. The molecule has 4 heteroatoms. The van der Waals surface area contributed by atoms with Crippen molar-refractivity contribution in [3.05, 3.63) is 53.7 Å². The van der Waals surface area contributed by atoms with Gasteiger partial charge in [-0.25, -0.2) is 4.40 Å². The van der Waals surface area contributed by atoms with E-state index in [4.69, 9.17) is 11.6 Å². The van der Waals surface area contributed by atoms with Crippen LogP contribution in [0.15, 0.2) is 48.7 Å². The van der Waals surface area contributed by atoms with Crippen LogP contribution >= 0.6 is 11.6 Å². The number of halogens is 1. The minimum atomic E-state index is 0.539. The van der Waals surface area contributed by atoms with Gasteiger partial charge >= 0.3 is 0 Å². The van der Waals surface area contributed by atoms with E-state index in [0.717, 1.165) is 27.7 Å². The number of aromatic amines is 1. The minimum absolute atomic E-state index is 0.539. The molecule has 0 bridgehead atoms. The Kier molecular flexibility index (Phi) is 3.96. The van der Waals surface area contributed by atoms with Crippen molar-refractivity contribution < 1.29 is 4.40 Å². The molecule has 2 aromatic heterocycles. The van der Waals surface area contributed by atoms with Crippen LogP contribution in [-0.4, -0.2) is 11.0 Å². The van der Waals surface area contributed by atoms with Gasteiger partial charge in [0.15, 0.2) is 5.69 Å². The van der Waals surface area contributed by atoms with Gasteiger partial charge in [0.1, 0.15) is 0 Å². The Morgan fingerprint density at radius 2 is 1.78 bits per heavy atom. The second-order valence-corrected chi connectivity index (χ2v) is 6.67. The van der Waals surface area contributed by atoms with Crippen LogP contribution in [0.3, 0.4) is 0 Å². The fourth-order valence-corrected chi connectivity index (χ4v) is 3.72. The number of hydrogen-bond donors (Lipinski definition) is 2. The summed E-state index contributed by atoms with van der Waals surface area (Å²) in [5.74, 6) is 1.11. The van der Waals surface area contributed by atoms with E-state index in [1.54, 1.807) is 0 Å². The SMILES string of the molecule is Clc1ccccc1-c1[nH]c2cccc[n+]2c1NC1CCCCC1. The fraction of sp³-hybridized carbons (Fsp3) is 0.316. The van der Waals surface area contributed by atoms with Crippen molar-refractivity contribution in [2.45, 2.75) is 38.1 Å². The van der Waals surface area contributed by atoms with Gasteiger partial charge in [0.05, 0.1) is 17.3 Å². The van der Waals surface area contributed by atoms with E-state index in [1.807, 2.05) is 24.3 Å². The highest BCUT2D eigenvalue weighted by Gasteiger charge is 2.25. The van der Waals surface area contributed by atoms with Gasteiger partial charge in [0.25, 0.3) is 5.82 Å². The largest absolute Gasteiger partial charge is 0.300 e. The topological polar surface area (TPSA) is 31.9 Å². The molecule has 2 heterocycles. The lowest BCUT2D eigenvalue weighted by molar-refractivity contribution is -0.494. The second-order valence-electron chi connectivity index (χ2n) is 6.26. The molecule has 0 aliphatic heterocycles. The van der Waals surface area contributed by atoms with Crippen molar-refractivity contribution in [1.29, 1.82) is 0 Å². The zero-order valence-electron chi connectivity index (χ0n) is 13.1. The van der Waals surface area contributed by atoms with Crippen LogP contribution < -0.4 is 9.72 Å². The number of anilines is 1. The lowest BCUT2D eigenvalue weighted by atomic mass is 9.95. The van der Waals surface area contributed by atoms with Crippen molar-refractivity contribution >= 4 is 23.1 Å². The van der Waals surface area contributed by atoms with Crippen LogP contribution in [0.2, 0.25) is 5.02 Å². The van der Waals surface area contributed by atoms with Gasteiger partial charge in [-0.15, -0.1) is 0 Å². The molecule has 4 rings (SSSR count). The Balaban J connectivity index is 1.83. The monoisotopic (exact) mass is 326 g/mol. The zero-order chi connectivity index (χ0) is 15.6. The predicted octanol–water partition coefficient (Wildman–Crippen LogP) is 4.82. The molecular formula is C19H21ClN3+. The predicted molar refractivity (Wildman–Crippen MR) is 94.9 cm³/mol. The summed E-state index contributed by atoms with van der Waals surface area (Å²) in [5.41, 5.74) is 3.17. The Morgan fingerprint density at radius 1 is 1.00 bits per heavy atom. The number of pyridine rings is 1. The third-order valence-electron chi connectivity index (χ3n) is 4.68. The van der Waals surface area contributed by atoms with E-state index in [-0.39, 0.29) is 0 Å². The van der Waals surface area contributed by atoms with E-state index in [2.05, 4.69) is 39.1 Å².